The third-order valence-corrected chi connectivity index (χ3v) is 5.23. The predicted octanol–water partition coefficient (Wildman–Crippen LogP) is 2.52. The molecule has 2 amide bonds. The normalized spacial score (nSPS) is 24.0. The van der Waals surface area contributed by atoms with Crippen molar-refractivity contribution in [2.24, 2.45) is 11.8 Å². The second kappa shape index (κ2) is 8.99. The van der Waals surface area contributed by atoms with E-state index in [-0.39, 0.29) is 23.8 Å². The van der Waals surface area contributed by atoms with Gasteiger partial charge in [-0.1, -0.05) is 37.5 Å². The van der Waals surface area contributed by atoms with Crippen LogP contribution in [0.4, 0.5) is 0 Å². The Kier molecular flexibility index (Phi) is 6.45. The van der Waals surface area contributed by atoms with Gasteiger partial charge in [-0.05, 0) is 31.4 Å². The highest BCUT2D eigenvalue weighted by molar-refractivity contribution is 5.94. The molecule has 0 bridgehead atoms. The zero-order valence-corrected chi connectivity index (χ0v) is 14.7. The van der Waals surface area contributed by atoms with Gasteiger partial charge >= 0.3 is 0 Å². The van der Waals surface area contributed by atoms with E-state index in [4.69, 9.17) is 4.74 Å². The Labute approximate surface area is 149 Å². The molecule has 1 aliphatic heterocycles. The lowest BCUT2D eigenvalue weighted by molar-refractivity contribution is -0.126. The summed E-state index contributed by atoms with van der Waals surface area (Å²) in [5.74, 6) is 0.638. The number of rotatable bonds is 6. The van der Waals surface area contributed by atoms with Crippen molar-refractivity contribution in [1.82, 2.24) is 10.6 Å². The Hall–Kier alpha value is -1.88. The van der Waals surface area contributed by atoms with Crippen LogP contribution in [0.2, 0.25) is 0 Å². The van der Waals surface area contributed by atoms with E-state index in [9.17, 15) is 9.59 Å². The zero-order valence-electron chi connectivity index (χ0n) is 14.7. The van der Waals surface area contributed by atoms with Crippen LogP contribution in [-0.4, -0.2) is 37.6 Å². The number of hydrogen-bond acceptors (Lipinski definition) is 3. The van der Waals surface area contributed by atoms with Gasteiger partial charge in [0.05, 0.1) is 12.7 Å². The van der Waals surface area contributed by atoms with E-state index in [0.29, 0.717) is 31.2 Å². The Morgan fingerprint density at radius 1 is 1.00 bits per heavy atom. The number of amides is 2. The summed E-state index contributed by atoms with van der Waals surface area (Å²) in [6.07, 6.45) is 6.57. The summed E-state index contributed by atoms with van der Waals surface area (Å²) in [6, 6.07) is 9.24. The molecular formula is C20H28N2O3. The third kappa shape index (κ3) is 5.30. The van der Waals surface area contributed by atoms with Crippen molar-refractivity contribution >= 4 is 11.8 Å². The van der Waals surface area contributed by atoms with E-state index >= 15 is 0 Å². The monoisotopic (exact) mass is 344 g/mol. The van der Waals surface area contributed by atoms with Gasteiger partial charge in [-0.25, -0.2) is 0 Å². The molecule has 136 valence electrons. The van der Waals surface area contributed by atoms with Crippen molar-refractivity contribution in [3.63, 3.8) is 0 Å². The first-order valence-corrected chi connectivity index (χ1v) is 9.45. The second-order valence-corrected chi connectivity index (χ2v) is 7.21. The number of nitrogens with one attached hydrogen (secondary N) is 2. The van der Waals surface area contributed by atoms with E-state index in [1.54, 1.807) is 0 Å². The maximum absolute atomic E-state index is 12.2. The van der Waals surface area contributed by atoms with Crippen LogP contribution in [0.1, 0.15) is 48.9 Å². The highest BCUT2D eigenvalue weighted by atomic mass is 16.5. The topological polar surface area (TPSA) is 67.4 Å². The molecule has 0 spiro atoms. The predicted molar refractivity (Wildman–Crippen MR) is 96.2 cm³/mol. The van der Waals surface area contributed by atoms with E-state index in [1.165, 1.54) is 19.3 Å². The number of ether oxygens (including phenoxy) is 1. The zero-order chi connectivity index (χ0) is 17.5. The molecule has 1 saturated heterocycles. The number of benzene rings is 1. The first-order chi connectivity index (χ1) is 12.2. The minimum Gasteiger partial charge on any atom is -0.376 e. The average molecular weight is 344 g/mol. The van der Waals surface area contributed by atoms with Crippen molar-refractivity contribution in [2.75, 3.05) is 19.7 Å². The summed E-state index contributed by atoms with van der Waals surface area (Å²) in [6.45, 7) is 1.83. The summed E-state index contributed by atoms with van der Waals surface area (Å²) in [4.78, 5) is 24.2. The molecule has 0 radical (unpaired) electrons. The van der Waals surface area contributed by atoms with Crippen LogP contribution in [-0.2, 0) is 9.53 Å². The van der Waals surface area contributed by atoms with Crippen molar-refractivity contribution in [3.05, 3.63) is 35.9 Å². The Bertz CT molecular complexity index is 570. The molecule has 1 aromatic carbocycles. The van der Waals surface area contributed by atoms with Gasteiger partial charge in [0.1, 0.15) is 0 Å². The van der Waals surface area contributed by atoms with Crippen LogP contribution in [0.15, 0.2) is 30.3 Å². The van der Waals surface area contributed by atoms with E-state index in [2.05, 4.69) is 10.6 Å². The third-order valence-electron chi connectivity index (χ3n) is 5.23. The highest BCUT2D eigenvalue weighted by Gasteiger charge is 2.27. The van der Waals surface area contributed by atoms with Gasteiger partial charge in [0, 0.05) is 30.5 Å². The molecule has 0 unspecified atom stereocenters. The van der Waals surface area contributed by atoms with Gasteiger partial charge in [-0.15, -0.1) is 0 Å². The molecule has 2 fully saturated rings. The molecule has 1 heterocycles. The van der Waals surface area contributed by atoms with Crippen LogP contribution in [0, 0.1) is 11.8 Å². The smallest absolute Gasteiger partial charge is 0.251 e. The molecule has 2 atom stereocenters. The van der Waals surface area contributed by atoms with E-state index < -0.39 is 0 Å². The summed E-state index contributed by atoms with van der Waals surface area (Å²) in [7, 11) is 0. The quantitative estimate of drug-likeness (QED) is 0.833. The van der Waals surface area contributed by atoms with E-state index in [1.807, 2.05) is 30.3 Å². The molecule has 2 N–H and O–H groups in total. The molecule has 5 nitrogen and oxygen atoms in total. The second-order valence-electron chi connectivity index (χ2n) is 7.21. The Balaban J connectivity index is 1.34. The summed E-state index contributed by atoms with van der Waals surface area (Å²) >= 11 is 0. The molecule has 0 aromatic heterocycles. The van der Waals surface area contributed by atoms with Crippen LogP contribution < -0.4 is 10.6 Å². The molecule has 2 aliphatic rings. The lowest BCUT2D eigenvalue weighted by Crippen LogP contribution is -2.37. The van der Waals surface area contributed by atoms with Crippen LogP contribution in [0.3, 0.4) is 0 Å². The van der Waals surface area contributed by atoms with Crippen LogP contribution in [0.5, 0.6) is 0 Å². The average Bonchev–Trinajstić information content (AvgIpc) is 3.13. The summed E-state index contributed by atoms with van der Waals surface area (Å²) < 4.78 is 5.78. The van der Waals surface area contributed by atoms with Gasteiger partial charge in [-0.3, -0.25) is 9.59 Å². The summed E-state index contributed by atoms with van der Waals surface area (Å²) in [5.41, 5.74) is 0.678. The van der Waals surface area contributed by atoms with Gasteiger partial charge in [0.2, 0.25) is 5.91 Å². The van der Waals surface area contributed by atoms with Gasteiger partial charge in [0.15, 0.2) is 0 Å². The molecule has 25 heavy (non-hydrogen) atoms. The van der Waals surface area contributed by atoms with Gasteiger partial charge < -0.3 is 15.4 Å². The fraction of sp³-hybridized carbons (Fsp3) is 0.600. The minimum absolute atomic E-state index is 0.0466. The molecule has 1 saturated carbocycles. The molecule has 5 heteroatoms. The van der Waals surface area contributed by atoms with Crippen molar-refractivity contribution in [2.45, 2.75) is 44.6 Å². The summed E-state index contributed by atoms with van der Waals surface area (Å²) in [5, 5.41) is 6.03. The molecular weight excluding hydrogens is 316 g/mol. The maximum atomic E-state index is 12.2. The maximum Gasteiger partial charge on any atom is 0.251 e. The lowest BCUT2D eigenvalue weighted by atomic mass is 9.88. The molecule has 3 rings (SSSR count). The van der Waals surface area contributed by atoms with Crippen molar-refractivity contribution in [1.29, 1.82) is 0 Å². The molecule has 1 aliphatic carbocycles. The Morgan fingerprint density at radius 3 is 2.52 bits per heavy atom. The fourth-order valence-electron chi connectivity index (χ4n) is 3.72. The number of hydrogen-bond donors (Lipinski definition) is 2. The van der Waals surface area contributed by atoms with Crippen molar-refractivity contribution in [3.8, 4) is 0 Å². The number of carbonyl (C=O) groups excluding carboxylic acids is 2. The Morgan fingerprint density at radius 2 is 1.76 bits per heavy atom. The SMILES string of the molecule is O=C(NC[C@@H]1CO[C@H](CNC(=O)C2CCCCC2)C1)c1ccccc1. The highest BCUT2D eigenvalue weighted by Crippen LogP contribution is 2.24. The van der Waals surface area contributed by atoms with Crippen LogP contribution in [0.25, 0.3) is 0 Å². The van der Waals surface area contributed by atoms with E-state index in [0.717, 1.165) is 19.3 Å². The molecule has 1 aromatic rings. The standard InChI is InChI=1S/C20H28N2O3/c23-19(16-7-3-1-4-8-16)21-12-15-11-18(25-14-15)13-22-20(24)17-9-5-2-6-10-17/h1,3-4,7-8,15,17-18H,2,5-6,9-14H2,(H,21,23)(H,22,24)/t15-,18+/m1/s1. The minimum atomic E-state index is -0.0466. The van der Waals surface area contributed by atoms with Crippen molar-refractivity contribution < 1.29 is 14.3 Å². The van der Waals surface area contributed by atoms with Crippen LogP contribution >= 0.6 is 0 Å². The first-order valence-electron chi connectivity index (χ1n) is 9.45. The first kappa shape index (κ1) is 17.9. The fourth-order valence-corrected chi connectivity index (χ4v) is 3.72. The lowest BCUT2D eigenvalue weighted by Gasteiger charge is -2.21. The van der Waals surface area contributed by atoms with Gasteiger partial charge in [-0.2, -0.15) is 0 Å². The van der Waals surface area contributed by atoms with Gasteiger partial charge in [0.25, 0.3) is 5.91 Å². The number of carbonyl (C=O) groups is 2. The largest absolute Gasteiger partial charge is 0.376 e.